The van der Waals surface area contributed by atoms with Crippen molar-refractivity contribution in [2.75, 3.05) is 12.5 Å². The molecule has 3 aromatic rings. The average molecular weight is 270 g/mol. The van der Waals surface area contributed by atoms with Crippen LogP contribution in [-0.4, -0.2) is 11.9 Å². The Balaban J connectivity index is 1.88. The molecular formula is C14H10N2O4. The zero-order valence-electron chi connectivity index (χ0n) is 10.3. The second-order valence-corrected chi connectivity index (χ2v) is 4.35. The Kier molecular flexibility index (Phi) is 2.23. The Morgan fingerprint density at radius 3 is 2.80 bits per heavy atom. The van der Waals surface area contributed by atoms with E-state index in [1.54, 1.807) is 18.6 Å². The van der Waals surface area contributed by atoms with E-state index < -0.39 is 0 Å². The van der Waals surface area contributed by atoms with Crippen molar-refractivity contribution < 1.29 is 18.4 Å². The van der Waals surface area contributed by atoms with Crippen molar-refractivity contribution in [2.45, 2.75) is 0 Å². The molecule has 100 valence electrons. The Morgan fingerprint density at radius 2 is 1.95 bits per heavy atom. The predicted octanol–water partition coefficient (Wildman–Crippen LogP) is 2.91. The number of hydrogen-bond donors (Lipinski definition) is 1. The third kappa shape index (κ3) is 1.55. The van der Waals surface area contributed by atoms with E-state index in [-0.39, 0.29) is 6.79 Å². The molecule has 1 aliphatic rings. The lowest BCUT2D eigenvalue weighted by molar-refractivity contribution is 0.174. The van der Waals surface area contributed by atoms with Crippen molar-refractivity contribution in [3.8, 4) is 33.9 Å². The molecule has 0 unspecified atom stereocenters. The highest BCUT2D eigenvalue weighted by Crippen LogP contribution is 2.41. The van der Waals surface area contributed by atoms with Crippen molar-refractivity contribution in [3.05, 3.63) is 36.8 Å². The smallest absolute Gasteiger partial charge is 0.231 e. The van der Waals surface area contributed by atoms with Gasteiger partial charge in [0.15, 0.2) is 23.1 Å². The molecule has 0 radical (unpaired) electrons. The lowest BCUT2D eigenvalue weighted by Gasteiger charge is -2.03. The minimum absolute atomic E-state index is 0.229. The van der Waals surface area contributed by atoms with Crippen LogP contribution in [0.15, 0.2) is 45.7 Å². The first kappa shape index (κ1) is 11.0. The summed E-state index contributed by atoms with van der Waals surface area (Å²) in [6, 6.07) is 7.37. The SMILES string of the molecule is Nc1noc(-c2ccoc2)c1-c1ccc2c(c1)OCO2. The number of ether oxygens (including phenoxy) is 2. The number of rotatable bonds is 2. The maximum Gasteiger partial charge on any atom is 0.231 e. The van der Waals surface area contributed by atoms with E-state index in [4.69, 9.17) is 24.1 Å². The number of fused-ring (bicyclic) bond motifs is 1. The molecule has 2 aromatic heterocycles. The molecule has 0 amide bonds. The van der Waals surface area contributed by atoms with Gasteiger partial charge in [-0.15, -0.1) is 0 Å². The van der Waals surface area contributed by atoms with E-state index in [9.17, 15) is 0 Å². The highest BCUT2D eigenvalue weighted by molar-refractivity contribution is 5.87. The molecule has 1 aromatic carbocycles. The van der Waals surface area contributed by atoms with Gasteiger partial charge in [0.25, 0.3) is 0 Å². The molecule has 0 spiro atoms. The molecule has 20 heavy (non-hydrogen) atoms. The van der Waals surface area contributed by atoms with Crippen LogP contribution in [0.25, 0.3) is 22.5 Å². The third-order valence-electron chi connectivity index (χ3n) is 3.16. The number of aromatic nitrogens is 1. The average Bonchev–Trinajstić information content (AvgIpc) is 3.17. The maximum atomic E-state index is 5.92. The monoisotopic (exact) mass is 270 g/mol. The summed E-state index contributed by atoms with van der Waals surface area (Å²) < 4.78 is 21.0. The minimum atomic E-state index is 0.229. The van der Waals surface area contributed by atoms with Gasteiger partial charge >= 0.3 is 0 Å². The Hall–Kier alpha value is -2.89. The van der Waals surface area contributed by atoms with Gasteiger partial charge in [-0.1, -0.05) is 11.2 Å². The molecule has 1 aliphatic heterocycles. The molecule has 4 rings (SSSR count). The first-order chi connectivity index (χ1) is 9.83. The Labute approximate surface area is 113 Å². The fourth-order valence-corrected chi connectivity index (χ4v) is 2.22. The van der Waals surface area contributed by atoms with Crippen molar-refractivity contribution >= 4 is 5.82 Å². The number of anilines is 1. The number of hydrogen-bond acceptors (Lipinski definition) is 6. The van der Waals surface area contributed by atoms with Gasteiger partial charge in [-0.05, 0) is 23.8 Å². The number of nitrogen functional groups attached to an aromatic ring is 1. The summed E-state index contributed by atoms with van der Waals surface area (Å²) in [6.07, 6.45) is 3.15. The van der Waals surface area contributed by atoms with Crippen molar-refractivity contribution in [1.29, 1.82) is 0 Å². The van der Waals surface area contributed by atoms with E-state index in [1.165, 1.54) is 0 Å². The number of furan rings is 1. The molecule has 0 aliphatic carbocycles. The van der Waals surface area contributed by atoms with Crippen LogP contribution in [0.5, 0.6) is 11.5 Å². The number of benzene rings is 1. The van der Waals surface area contributed by atoms with Gasteiger partial charge < -0.3 is 24.1 Å². The zero-order valence-corrected chi connectivity index (χ0v) is 10.3. The van der Waals surface area contributed by atoms with E-state index in [1.807, 2.05) is 18.2 Å². The van der Waals surface area contributed by atoms with Crippen molar-refractivity contribution in [1.82, 2.24) is 5.16 Å². The van der Waals surface area contributed by atoms with Gasteiger partial charge in [0, 0.05) is 0 Å². The summed E-state index contributed by atoms with van der Waals surface area (Å²) in [4.78, 5) is 0. The van der Waals surface area contributed by atoms with Gasteiger partial charge in [-0.2, -0.15) is 0 Å². The highest BCUT2D eigenvalue weighted by Gasteiger charge is 2.21. The molecule has 3 heterocycles. The molecule has 0 bridgehead atoms. The second kappa shape index (κ2) is 4.06. The van der Waals surface area contributed by atoms with Crippen molar-refractivity contribution in [3.63, 3.8) is 0 Å². The summed E-state index contributed by atoms with van der Waals surface area (Å²) in [5.41, 5.74) is 8.26. The summed E-state index contributed by atoms with van der Waals surface area (Å²) in [5.74, 6) is 2.28. The normalized spacial score (nSPS) is 12.8. The second-order valence-electron chi connectivity index (χ2n) is 4.35. The van der Waals surface area contributed by atoms with E-state index in [0.29, 0.717) is 28.6 Å². The third-order valence-corrected chi connectivity index (χ3v) is 3.16. The molecule has 6 nitrogen and oxygen atoms in total. The van der Waals surface area contributed by atoms with E-state index in [2.05, 4.69) is 5.16 Å². The molecule has 0 atom stereocenters. The lowest BCUT2D eigenvalue weighted by Crippen LogP contribution is -1.92. The fraction of sp³-hybridized carbons (Fsp3) is 0.0714. The Morgan fingerprint density at radius 1 is 1.05 bits per heavy atom. The first-order valence-corrected chi connectivity index (χ1v) is 6.00. The molecule has 0 saturated carbocycles. The lowest BCUT2D eigenvalue weighted by atomic mass is 10.0. The van der Waals surface area contributed by atoms with Crippen LogP contribution in [0.3, 0.4) is 0 Å². The number of nitrogens with two attached hydrogens (primary N) is 1. The van der Waals surface area contributed by atoms with Gasteiger partial charge in [0.05, 0.1) is 17.4 Å². The maximum absolute atomic E-state index is 5.92. The summed E-state index contributed by atoms with van der Waals surface area (Å²) in [7, 11) is 0. The van der Waals surface area contributed by atoms with Crippen molar-refractivity contribution in [2.24, 2.45) is 0 Å². The number of nitrogens with zero attached hydrogens (tertiary/aromatic N) is 1. The van der Waals surface area contributed by atoms with Gasteiger partial charge in [-0.25, -0.2) is 0 Å². The highest BCUT2D eigenvalue weighted by atomic mass is 16.7. The summed E-state index contributed by atoms with van der Waals surface area (Å²) in [6.45, 7) is 0.229. The molecule has 0 saturated heterocycles. The standard InChI is InChI=1S/C14H10N2O4/c15-14-12(13(20-16-14)9-3-4-17-6-9)8-1-2-10-11(5-8)19-7-18-10/h1-6H,7H2,(H2,15,16). The quantitative estimate of drug-likeness (QED) is 0.770. The van der Waals surface area contributed by atoms with Crippen LogP contribution in [-0.2, 0) is 0 Å². The summed E-state index contributed by atoms with van der Waals surface area (Å²) >= 11 is 0. The molecule has 2 N–H and O–H groups in total. The van der Waals surface area contributed by atoms with Crippen LogP contribution >= 0.6 is 0 Å². The first-order valence-electron chi connectivity index (χ1n) is 6.00. The molecular weight excluding hydrogens is 260 g/mol. The Bertz CT molecular complexity index is 762. The van der Waals surface area contributed by atoms with Crippen LogP contribution in [0, 0.1) is 0 Å². The predicted molar refractivity (Wildman–Crippen MR) is 70.2 cm³/mol. The van der Waals surface area contributed by atoms with Crippen LogP contribution < -0.4 is 15.2 Å². The van der Waals surface area contributed by atoms with Gasteiger partial charge in [0.1, 0.15) is 6.26 Å². The zero-order chi connectivity index (χ0) is 13.5. The molecule has 6 heteroatoms. The topological polar surface area (TPSA) is 83.7 Å². The van der Waals surface area contributed by atoms with Crippen LogP contribution in [0.1, 0.15) is 0 Å². The van der Waals surface area contributed by atoms with Crippen LogP contribution in [0.4, 0.5) is 5.82 Å². The van der Waals surface area contributed by atoms with Crippen LogP contribution in [0.2, 0.25) is 0 Å². The largest absolute Gasteiger partial charge is 0.472 e. The fourth-order valence-electron chi connectivity index (χ4n) is 2.22. The van der Waals surface area contributed by atoms with E-state index in [0.717, 1.165) is 11.1 Å². The van der Waals surface area contributed by atoms with Gasteiger partial charge in [0.2, 0.25) is 6.79 Å². The summed E-state index contributed by atoms with van der Waals surface area (Å²) in [5, 5.41) is 3.83. The van der Waals surface area contributed by atoms with Gasteiger partial charge in [-0.3, -0.25) is 0 Å². The van der Waals surface area contributed by atoms with E-state index >= 15 is 0 Å². The minimum Gasteiger partial charge on any atom is -0.472 e. The molecule has 0 fully saturated rings.